The molecule has 3 rings (SSSR count). The van der Waals surface area contributed by atoms with Crippen LogP contribution in [-0.2, 0) is 17.8 Å². The summed E-state index contributed by atoms with van der Waals surface area (Å²) in [5.74, 6) is 0.869. The molecule has 1 aliphatic rings. The molecule has 1 aromatic heterocycles. The van der Waals surface area contributed by atoms with Crippen molar-refractivity contribution in [3.63, 3.8) is 0 Å². The van der Waals surface area contributed by atoms with Crippen LogP contribution in [0.3, 0.4) is 0 Å². The van der Waals surface area contributed by atoms with Crippen LogP contribution in [-0.4, -0.2) is 66.4 Å². The number of imidazole rings is 1. The van der Waals surface area contributed by atoms with Crippen molar-refractivity contribution in [2.45, 2.75) is 26.4 Å². The highest BCUT2D eigenvalue weighted by Crippen LogP contribution is 2.13. The summed E-state index contributed by atoms with van der Waals surface area (Å²) in [6, 6.07) is 7.79. The van der Waals surface area contributed by atoms with E-state index in [0.29, 0.717) is 26.2 Å². The average Bonchev–Trinajstić information content (AvgIpc) is 3.16. The Balaban J connectivity index is 1.66. The molecule has 2 heterocycles. The molecule has 7 nitrogen and oxygen atoms in total. The molecule has 0 radical (unpaired) electrons. The number of nitrogens with one attached hydrogen (secondary N) is 2. The van der Waals surface area contributed by atoms with Gasteiger partial charge in [-0.1, -0.05) is 30.7 Å². The molecule has 0 unspecified atom stereocenters. The number of urea groups is 1. The maximum atomic E-state index is 12.7. The molecule has 1 aromatic carbocycles. The smallest absolute Gasteiger partial charge is 0.318 e. The third kappa shape index (κ3) is 6.73. The van der Waals surface area contributed by atoms with E-state index in [0.717, 1.165) is 55.7 Å². The number of carbonyl (C=O) groups excluding carboxylic acids is 1. The molecule has 1 fully saturated rings. The Morgan fingerprint density at radius 3 is 2.97 bits per heavy atom. The van der Waals surface area contributed by atoms with Crippen LogP contribution in [0.2, 0.25) is 5.02 Å². The van der Waals surface area contributed by atoms with Gasteiger partial charge in [0.2, 0.25) is 0 Å². The van der Waals surface area contributed by atoms with E-state index in [2.05, 4.69) is 21.8 Å². The van der Waals surface area contributed by atoms with E-state index in [1.54, 1.807) is 6.20 Å². The van der Waals surface area contributed by atoms with Crippen molar-refractivity contribution in [3.8, 4) is 0 Å². The number of morpholine rings is 1. The first kappa shape index (κ1) is 21.6. The largest absolute Gasteiger partial charge is 0.370 e. The van der Waals surface area contributed by atoms with Crippen LogP contribution in [0.25, 0.3) is 0 Å². The first-order valence-electron chi connectivity index (χ1n) is 10.3. The number of hydrogen-bond donors (Lipinski definition) is 2. The summed E-state index contributed by atoms with van der Waals surface area (Å²) in [5, 5.41) is 3.73. The van der Waals surface area contributed by atoms with E-state index in [9.17, 15) is 4.79 Å². The molecule has 8 heteroatoms. The second-order valence-electron chi connectivity index (χ2n) is 7.37. The van der Waals surface area contributed by atoms with Gasteiger partial charge in [-0.05, 0) is 24.1 Å². The molecular weight excluding hydrogens is 390 g/mol. The normalized spacial score (nSPS) is 14.7. The van der Waals surface area contributed by atoms with E-state index in [4.69, 9.17) is 16.3 Å². The molecule has 1 saturated heterocycles. The van der Waals surface area contributed by atoms with E-state index in [1.807, 2.05) is 35.4 Å². The van der Waals surface area contributed by atoms with Crippen molar-refractivity contribution in [2.75, 3.05) is 45.9 Å². The molecule has 0 atom stereocenters. The van der Waals surface area contributed by atoms with Crippen LogP contribution in [0.4, 0.5) is 4.79 Å². The summed E-state index contributed by atoms with van der Waals surface area (Å²) in [7, 11) is 0. The monoisotopic (exact) mass is 420 g/mol. The van der Waals surface area contributed by atoms with Crippen molar-refractivity contribution in [1.82, 2.24) is 19.8 Å². The summed E-state index contributed by atoms with van der Waals surface area (Å²) < 4.78 is 7.51. The molecule has 2 N–H and O–H groups in total. The number of halogens is 1. The lowest BCUT2D eigenvalue weighted by atomic mass is 10.2. The van der Waals surface area contributed by atoms with E-state index >= 15 is 0 Å². The molecule has 0 saturated carbocycles. The van der Waals surface area contributed by atoms with Crippen LogP contribution in [0, 0.1) is 0 Å². The highest BCUT2D eigenvalue weighted by atomic mass is 35.5. The van der Waals surface area contributed by atoms with E-state index in [1.165, 1.54) is 4.90 Å². The van der Waals surface area contributed by atoms with Gasteiger partial charge >= 0.3 is 6.03 Å². The SMILES string of the molecule is CCCNC(=O)N(CC[NH+]1CCOCC1)Cc1nccn1Cc1cccc(Cl)c1. The maximum absolute atomic E-state index is 12.7. The topological polar surface area (TPSA) is 63.8 Å². The van der Waals surface area contributed by atoms with E-state index < -0.39 is 0 Å². The first-order chi connectivity index (χ1) is 14.2. The number of benzene rings is 1. The maximum Gasteiger partial charge on any atom is 0.318 e. The Bertz CT molecular complexity index is 776. The summed E-state index contributed by atoms with van der Waals surface area (Å²) in [4.78, 5) is 20.6. The van der Waals surface area contributed by atoms with Crippen molar-refractivity contribution >= 4 is 17.6 Å². The van der Waals surface area contributed by atoms with Crippen molar-refractivity contribution < 1.29 is 14.4 Å². The van der Waals surface area contributed by atoms with Gasteiger partial charge in [-0.2, -0.15) is 0 Å². The fraction of sp³-hybridized carbons (Fsp3) is 0.524. The lowest BCUT2D eigenvalue weighted by Gasteiger charge is -2.28. The van der Waals surface area contributed by atoms with Gasteiger partial charge < -0.3 is 24.4 Å². The zero-order chi connectivity index (χ0) is 20.5. The van der Waals surface area contributed by atoms with Gasteiger partial charge in [-0.15, -0.1) is 0 Å². The minimum Gasteiger partial charge on any atom is -0.370 e. The number of quaternary nitrogens is 1. The van der Waals surface area contributed by atoms with Gasteiger partial charge in [0.15, 0.2) is 0 Å². The predicted molar refractivity (Wildman–Crippen MR) is 113 cm³/mol. The lowest BCUT2D eigenvalue weighted by molar-refractivity contribution is -0.907. The number of rotatable bonds is 9. The highest BCUT2D eigenvalue weighted by Gasteiger charge is 2.20. The zero-order valence-corrected chi connectivity index (χ0v) is 17.8. The summed E-state index contributed by atoms with van der Waals surface area (Å²) in [5.41, 5.74) is 1.11. The first-order valence-corrected chi connectivity index (χ1v) is 10.7. The highest BCUT2D eigenvalue weighted by molar-refractivity contribution is 6.30. The Labute approximate surface area is 177 Å². The van der Waals surface area contributed by atoms with Crippen LogP contribution in [0.15, 0.2) is 36.7 Å². The molecular formula is C21H31ClN5O2+. The number of aromatic nitrogens is 2. The number of carbonyl (C=O) groups is 1. The summed E-state index contributed by atoms with van der Waals surface area (Å²) >= 11 is 6.12. The predicted octanol–water partition coefficient (Wildman–Crippen LogP) is 1.42. The molecule has 29 heavy (non-hydrogen) atoms. The minimum atomic E-state index is -0.0307. The minimum absolute atomic E-state index is 0.0307. The van der Waals surface area contributed by atoms with Crippen LogP contribution >= 0.6 is 11.6 Å². The molecule has 158 valence electrons. The van der Waals surface area contributed by atoms with Crippen LogP contribution in [0.5, 0.6) is 0 Å². The third-order valence-electron chi connectivity index (χ3n) is 5.12. The molecule has 0 bridgehead atoms. The van der Waals surface area contributed by atoms with Gasteiger partial charge in [0.05, 0.1) is 32.8 Å². The summed E-state index contributed by atoms with van der Waals surface area (Å²) in [6.45, 7) is 9.07. The van der Waals surface area contributed by atoms with Gasteiger partial charge in [-0.3, -0.25) is 0 Å². The molecule has 2 aromatic rings. The molecule has 0 aliphatic carbocycles. The second-order valence-corrected chi connectivity index (χ2v) is 7.80. The van der Waals surface area contributed by atoms with E-state index in [-0.39, 0.29) is 6.03 Å². The Morgan fingerprint density at radius 1 is 1.38 bits per heavy atom. The van der Waals surface area contributed by atoms with Crippen molar-refractivity contribution in [3.05, 3.63) is 53.1 Å². The number of hydrogen-bond acceptors (Lipinski definition) is 3. The van der Waals surface area contributed by atoms with Gasteiger partial charge in [-0.25, -0.2) is 9.78 Å². The van der Waals surface area contributed by atoms with Gasteiger partial charge in [0.25, 0.3) is 0 Å². The Hall–Kier alpha value is -2.09. The Kier molecular flexibility index (Phi) is 8.34. The standard InChI is InChI=1S/C21H30ClN5O2/c1-2-6-24-21(28)27(10-9-25-11-13-29-14-12-25)17-20-23-7-8-26(20)16-18-4-3-5-19(22)15-18/h3-5,7-8,15H,2,6,9-14,16-17H2,1H3,(H,24,28)/p+1. The van der Waals surface area contributed by atoms with Crippen molar-refractivity contribution in [1.29, 1.82) is 0 Å². The van der Waals surface area contributed by atoms with Gasteiger partial charge in [0, 0.05) is 30.5 Å². The number of amides is 2. The third-order valence-corrected chi connectivity index (χ3v) is 5.36. The fourth-order valence-electron chi connectivity index (χ4n) is 3.44. The number of ether oxygens (including phenoxy) is 1. The number of nitrogens with zero attached hydrogens (tertiary/aromatic N) is 3. The fourth-order valence-corrected chi connectivity index (χ4v) is 3.65. The molecule has 2 amide bonds. The van der Waals surface area contributed by atoms with Crippen LogP contribution in [0.1, 0.15) is 24.7 Å². The summed E-state index contributed by atoms with van der Waals surface area (Å²) in [6.07, 6.45) is 4.65. The quantitative estimate of drug-likeness (QED) is 0.645. The second kappa shape index (κ2) is 11.2. The Morgan fingerprint density at radius 2 is 2.21 bits per heavy atom. The molecule has 1 aliphatic heterocycles. The average molecular weight is 421 g/mol. The van der Waals surface area contributed by atoms with Gasteiger partial charge in [0.1, 0.15) is 18.9 Å². The van der Waals surface area contributed by atoms with Crippen LogP contribution < -0.4 is 10.2 Å². The molecule has 0 spiro atoms. The lowest BCUT2D eigenvalue weighted by Crippen LogP contribution is -3.14. The van der Waals surface area contributed by atoms with Crippen molar-refractivity contribution in [2.24, 2.45) is 0 Å². The zero-order valence-electron chi connectivity index (χ0n) is 17.1.